The second-order valence-electron chi connectivity index (χ2n) is 6.64. The van der Waals surface area contributed by atoms with E-state index in [2.05, 4.69) is 24.5 Å². The first-order valence-electron chi connectivity index (χ1n) is 8.83. The Hall–Kier alpha value is -3.08. The van der Waals surface area contributed by atoms with E-state index in [1.54, 1.807) is 0 Å². The van der Waals surface area contributed by atoms with Crippen LogP contribution in [-0.2, 0) is 6.54 Å². The summed E-state index contributed by atoms with van der Waals surface area (Å²) >= 11 is 0. The Balaban J connectivity index is 1.82. The van der Waals surface area contributed by atoms with Crippen LogP contribution in [0.3, 0.4) is 0 Å². The highest BCUT2D eigenvalue weighted by molar-refractivity contribution is 6.30. The van der Waals surface area contributed by atoms with E-state index in [9.17, 15) is 5.11 Å². The summed E-state index contributed by atoms with van der Waals surface area (Å²) in [5.41, 5.74) is 5.66. The average molecular weight is 346 g/mol. The van der Waals surface area contributed by atoms with Gasteiger partial charge in [-0.2, -0.15) is 0 Å². The van der Waals surface area contributed by atoms with Gasteiger partial charge >= 0.3 is 0 Å². The smallest absolute Gasteiger partial charge is 0.148 e. The zero-order valence-corrected chi connectivity index (χ0v) is 15.2. The normalized spacial score (nSPS) is 14.7. The molecule has 0 atom stereocenters. The molecule has 2 N–H and O–H groups in total. The number of aliphatic hydroxyl groups excluding tert-OH is 1. The van der Waals surface area contributed by atoms with Crippen molar-refractivity contribution in [3.05, 3.63) is 65.2 Å². The lowest BCUT2D eigenvalue weighted by Gasteiger charge is -2.22. The topological polar surface area (TPSA) is 65.1 Å². The number of aromatic nitrogens is 2. The van der Waals surface area contributed by atoms with Crippen LogP contribution in [0.15, 0.2) is 48.2 Å². The van der Waals surface area contributed by atoms with E-state index in [1.165, 1.54) is 5.56 Å². The Kier molecular flexibility index (Phi) is 3.80. The Labute approximate surface area is 152 Å². The van der Waals surface area contributed by atoms with Gasteiger partial charge in [-0.15, -0.1) is 0 Å². The first kappa shape index (κ1) is 16.4. The van der Waals surface area contributed by atoms with Gasteiger partial charge in [0.2, 0.25) is 0 Å². The molecule has 5 nitrogen and oxygen atoms in total. The molecule has 0 fully saturated rings. The van der Waals surface area contributed by atoms with E-state index in [0.717, 1.165) is 28.8 Å². The zero-order valence-electron chi connectivity index (χ0n) is 15.2. The molecule has 1 aliphatic heterocycles. The number of benzene rings is 2. The fourth-order valence-electron chi connectivity index (χ4n) is 3.63. The lowest BCUT2D eigenvalue weighted by Crippen LogP contribution is -2.27. The third kappa shape index (κ3) is 2.31. The number of nitrogens with one attached hydrogen (secondary N) is 1. The number of nitrogens with zero attached hydrogens (tertiary/aromatic N) is 3. The van der Waals surface area contributed by atoms with Gasteiger partial charge in [0.15, 0.2) is 0 Å². The molecule has 1 aromatic heterocycles. The van der Waals surface area contributed by atoms with Crippen molar-refractivity contribution in [1.29, 1.82) is 5.41 Å². The SMILES string of the molecule is CCn1c(C2=C(O)CN(c3cccc(C)c3C)C2=N)nc2ccccc21. The van der Waals surface area contributed by atoms with Crippen LogP contribution in [0.1, 0.15) is 23.9 Å². The molecule has 26 heavy (non-hydrogen) atoms. The van der Waals surface area contributed by atoms with Crippen molar-refractivity contribution in [2.75, 3.05) is 11.4 Å². The second kappa shape index (κ2) is 6.02. The largest absolute Gasteiger partial charge is 0.509 e. The van der Waals surface area contributed by atoms with Crippen molar-refractivity contribution in [1.82, 2.24) is 9.55 Å². The van der Waals surface area contributed by atoms with Gasteiger partial charge in [-0.1, -0.05) is 24.3 Å². The molecule has 0 spiro atoms. The van der Waals surface area contributed by atoms with Crippen LogP contribution >= 0.6 is 0 Å². The zero-order chi connectivity index (χ0) is 18.4. The molecule has 0 saturated heterocycles. The van der Waals surface area contributed by atoms with E-state index < -0.39 is 0 Å². The highest BCUT2D eigenvalue weighted by Crippen LogP contribution is 2.34. The van der Waals surface area contributed by atoms with Crippen molar-refractivity contribution in [2.45, 2.75) is 27.3 Å². The average Bonchev–Trinajstić information content (AvgIpc) is 3.13. The quantitative estimate of drug-likeness (QED) is 0.737. The maximum Gasteiger partial charge on any atom is 0.148 e. The summed E-state index contributed by atoms with van der Waals surface area (Å²) in [5.74, 6) is 1.14. The van der Waals surface area contributed by atoms with E-state index in [-0.39, 0.29) is 5.76 Å². The Morgan fingerprint density at radius 2 is 1.88 bits per heavy atom. The van der Waals surface area contributed by atoms with E-state index in [1.807, 2.05) is 48.2 Å². The Morgan fingerprint density at radius 3 is 2.65 bits per heavy atom. The van der Waals surface area contributed by atoms with Crippen molar-refractivity contribution >= 4 is 28.1 Å². The van der Waals surface area contributed by atoms with Crippen LogP contribution in [0.5, 0.6) is 0 Å². The molecular formula is C21H22N4O. The molecule has 0 bridgehead atoms. The molecule has 0 aliphatic carbocycles. The lowest BCUT2D eigenvalue weighted by molar-refractivity contribution is 0.411. The summed E-state index contributed by atoms with van der Waals surface area (Å²) in [6.07, 6.45) is 0. The monoisotopic (exact) mass is 346 g/mol. The van der Waals surface area contributed by atoms with E-state index >= 15 is 0 Å². The number of anilines is 1. The molecule has 1 aliphatic rings. The van der Waals surface area contributed by atoms with Gasteiger partial charge in [0, 0.05) is 12.2 Å². The third-order valence-corrected chi connectivity index (χ3v) is 5.16. The standard InChI is InChI=1S/C21H22N4O/c1-4-24-17-10-6-5-9-15(17)23-21(24)19-18(26)12-25(20(19)22)16-11-7-8-13(2)14(16)3/h5-11,22,26H,4,12H2,1-3H3. The maximum atomic E-state index is 10.7. The van der Waals surface area contributed by atoms with Gasteiger partial charge in [0.1, 0.15) is 17.4 Å². The van der Waals surface area contributed by atoms with Crippen molar-refractivity contribution in [2.24, 2.45) is 0 Å². The number of imidazole rings is 1. The molecular weight excluding hydrogens is 324 g/mol. The first-order chi connectivity index (χ1) is 12.5. The lowest BCUT2D eigenvalue weighted by atomic mass is 10.1. The number of aryl methyl sites for hydroxylation is 2. The third-order valence-electron chi connectivity index (χ3n) is 5.16. The van der Waals surface area contributed by atoms with Crippen LogP contribution < -0.4 is 4.90 Å². The summed E-state index contributed by atoms with van der Waals surface area (Å²) in [7, 11) is 0. The predicted molar refractivity (Wildman–Crippen MR) is 106 cm³/mol. The van der Waals surface area contributed by atoms with Gasteiger partial charge in [0.05, 0.1) is 23.2 Å². The molecule has 2 heterocycles. The summed E-state index contributed by atoms with van der Waals surface area (Å²) < 4.78 is 2.06. The molecule has 4 rings (SSSR count). The van der Waals surface area contributed by atoms with Crippen molar-refractivity contribution in [3.63, 3.8) is 0 Å². The Bertz CT molecular complexity index is 1060. The minimum Gasteiger partial charge on any atom is -0.509 e. The van der Waals surface area contributed by atoms with Crippen molar-refractivity contribution in [3.8, 4) is 0 Å². The maximum absolute atomic E-state index is 10.7. The number of amidine groups is 1. The minimum atomic E-state index is 0.195. The second-order valence-corrected chi connectivity index (χ2v) is 6.64. The molecule has 0 amide bonds. The molecule has 0 saturated carbocycles. The van der Waals surface area contributed by atoms with Crippen molar-refractivity contribution < 1.29 is 5.11 Å². The van der Waals surface area contributed by atoms with E-state index in [4.69, 9.17) is 10.4 Å². The molecule has 132 valence electrons. The Morgan fingerprint density at radius 1 is 1.12 bits per heavy atom. The number of fused-ring (bicyclic) bond motifs is 1. The minimum absolute atomic E-state index is 0.195. The fraction of sp³-hybridized carbons (Fsp3) is 0.238. The summed E-state index contributed by atoms with van der Waals surface area (Å²) in [6.45, 7) is 7.18. The summed E-state index contributed by atoms with van der Waals surface area (Å²) in [5, 5.41) is 19.4. The molecule has 3 aromatic rings. The first-order valence-corrected chi connectivity index (χ1v) is 8.83. The van der Waals surface area contributed by atoms with Gasteiger partial charge in [-0.05, 0) is 50.1 Å². The number of hydrogen-bond acceptors (Lipinski definition) is 3. The van der Waals surface area contributed by atoms with Gasteiger partial charge in [0.25, 0.3) is 0 Å². The molecule has 2 aromatic carbocycles. The highest BCUT2D eigenvalue weighted by atomic mass is 16.3. The molecule has 0 unspecified atom stereocenters. The van der Waals surface area contributed by atoms with Gasteiger partial charge < -0.3 is 14.6 Å². The van der Waals surface area contributed by atoms with Crippen LogP contribution in [0, 0.1) is 19.3 Å². The number of aliphatic hydroxyl groups is 1. The van der Waals surface area contributed by atoms with Crippen LogP contribution in [0.4, 0.5) is 5.69 Å². The van der Waals surface area contributed by atoms with Crippen LogP contribution in [0.2, 0.25) is 0 Å². The van der Waals surface area contributed by atoms with Gasteiger partial charge in [-0.25, -0.2) is 4.98 Å². The number of hydrogen-bond donors (Lipinski definition) is 2. The van der Waals surface area contributed by atoms with E-state index in [0.29, 0.717) is 23.8 Å². The fourth-order valence-corrected chi connectivity index (χ4v) is 3.63. The summed E-state index contributed by atoms with van der Waals surface area (Å²) in [6, 6.07) is 14.0. The predicted octanol–water partition coefficient (Wildman–Crippen LogP) is 4.44. The number of para-hydroxylation sites is 2. The number of rotatable bonds is 3. The van der Waals surface area contributed by atoms with Crippen LogP contribution in [-0.4, -0.2) is 27.0 Å². The summed E-state index contributed by atoms with van der Waals surface area (Å²) in [4.78, 5) is 6.57. The molecule has 0 radical (unpaired) electrons. The molecule has 5 heteroatoms. The van der Waals surface area contributed by atoms with Crippen LogP contribution in [0.25, 0.3) is 16.6 Å². The highest BCUT2D eigenvalue weighted by Gasteiger charge is 2.33. The van der Waals surface area contributed by atoms with Gasteiger partial charge in [-0.3, -0.25) is 5.41 Å².